The third-order valence-corrected chi connectivity index (χ3v) is 6.65. The predicted molar refractivity (Wildman–Crippen MR) is 124 cm³/mol. The SMILES string of the molecule is COc1ccc(N2CCN(c3nccc(C(=O)NC4CCC(C)(O)CC4)n3)C(C)C2)c(F)c1. The summed E-state index contributed by atoms with van der Waals surface area (Å²) in [4.78, 5) is 25.7. The van der Waals surface area contributed by atoms with Gasteiger partial charge in [-0.2, -0.15) is 0 Å². The number of hydrogen-bond acceptors (Lipinski definition) is 7. The molecule has 8 nitrogen and oxygen atoms in total. The van der Waals surface area contributed by atoms with Crippen molar-refractivity contribution >= 4 is 17.5 Å². The van der Waals surface area contributed by atoms with E-state index in [1.165, 1.54) is 13.2 Å². The first-order valence-corrected chi connectivity index (χ1v) is 11.5. The van der Waals surface area contributed by atoms with Gasteiger partial charge in [-0.3, -0.25) is 4.79 Å². The van der Waals surface area contributed by atoms with Crippen molar-refractivity contribution in [1.82, 2.24) is 15.3 Å². The molecule has 0 radical (unpaired) electrons. The predicted octanol–water partition coefficient (Wildman–Crippen LogP) is 2.76. The van der Waals surface area contributed by atoms with E-state index in [-0.39, 0.29) is 23.8 Å². The number of carbonyl (C=O) groups is 1. The van der Waals surface area contributed by atoms with Gasteiger partial charge in [-0.1, -0.05) is 0 Å². The Morgan fingerprint density at radius 3 is 2.70 bits per heavy atom. The van der Waals surface area contributed by atoms with Gasteiger partial charge in [0.25, 0.3) is 5.91 Å². The number of amides is 1. The van der Waals surface area contributed by atoms with E-state index in [4.69, 9.17) is 4.74 Å². The highest BCUT2D eigenvalue weighted by Crippen LogP contribution is 2.29. The lowest BCUT2D eigenvalue weighted by Crippen LogP contribution is -2.53. The van der Waals surface area contributed by atoms with Crippen LogP contribution in [0.3, 0.4) is 0 Å². The van der Waals surface area contributed by atoms with Crippen molar-refractivity contribution in [1.29, 1.82) is 0 Å². The monoisotopic (exact) mass is 457 g/mol. The second-order valence-corrected chi connectivity index (χ2v) is 9.29. The Labute approximate surface area is 193 Å². The Hall–Kier alpha value is -2.94. The maximum Gasteiger partial charge on any atom is 0.270 e. The number of benzene rings is 1. The molecule has 2 aromatic rings. The van der Waals surface area contributed by atoms with Crippen molar-refractivity contribution < 1.29 is 19.0 Å². The van der Waals surface area contributed by atoms with Gasteiger partial charge < -0.3 is 25.0 Å². The minimum absolute atomic E-state index is 0.0270. The van der Waals surface area contributed by atoms with Crippen LogP contribution in [0.2, 0.25) is 0 Å². The molecule has 1 amide bonds. The number of aliphatic hydroxyl groups is 1. The molecule has 1 saturated carbocycles. The molecule has 0 bridgehead atoms. The van der Waals surface area contributed by atoms with Crippen molar-refractivity contribution in [3.63, 3.8) is 0 Å². The fraction of sp³-hybridized carbons (Fsp3) is 0.542. The van der Waals surface area contributed by atoms with Crippen molar-refractivity contribution in [3.8, 4) is 5.75 Å². The van der Waals surface area contributed by atoms with E-state index in [0.29, 0.717) is 55.6 Å². The van der Waals surface area contributed by atoms with Crippen LogP contribution >= 0.6 is 0 Å². The van der Waals surface area contributed by atoms with Gasteiger partial charge in [0.2, 0.25) is 5.95 Å². The molecule has 0 spiro atoms. The van der Waals surface area contributed by atoms with Crippen LogP contribution in [0.4, 0.5) is 16.0 Å². The fourth-order valence-corrected chi connectivity index (χ4v) is 4.60. The molecule has 2 fully saturated rings. The Balaban J connectivity index is 1.40. The number of aromatic nitrogens is 2. The number of methoxy groups -OCH3 is 1. The topological polar surface area (TPSA) is 90.8 Å². The van der Waals surface area contributed by atoms with E-state index in [9.17, 15) is 14.3 Å². The van der Waals surface area contributed by atoms with Crippen molar-refractivity contribution in [2.45, 2.75) is 57.2 Å². The number of hydrogen-bond donors (Lipinski definition) is 2. The van der Waals surface area contributed by atoms with Gasteiger partial charge in [0.05, 0.1) is 18.4 Å². The molecule has 2 N–H and O–H groups in total. The van der Waals surface area contributed by atoms with Gasteiger partial charge in [0.15, 0.2) is 0 Å². The van der Waals surface area contributed by atoms with E-state index >= 15 is 0 Å². The lowest BCUT2D eigenvalue weighted by Gasteiger charge is -2.41. The Morgan fingerprint density at radius 1 is 1.27 bits per heavy atom. The standard InChI is InChI=1S/C24H32FN5O3/c1-16-15-29(21-5-4-18(33-3)14-19(21)25)12-13-30(16)23-26-11-8-20(28-23)22(31)27-17-6-9-24(2,32)10-7-17/h4-5,8,11,14,16-17,32H,6-7,9-10,12-13,15H2,1-3H3,(H,27,31). The first-order chi connectivity index (χ1) is 15.8. The molecule has 1 saturated heterocycles. The highest BCUT2D eigenvalue weighted by molar-refractivity contribution is 5.92. The number of ether oxygens (including phenoxy) is 1. The molecule has 1 aliphatic heterocycles. The molecule has 2 aliphatic rings. The van der Waals surface area contributed by atoms with Crippen LogP contribution in [0, 0.1) is 5.82 Å². The number of nitrogens with zero attached hydrogens (tertiary/aromatic N) is 4. The number of anilines is 2. The molecule has 178 valence electrons. The summed E-state index contributed by atoms with van der Waals surface area (Å²) in [6.45, 7) is 5.69. The maximum absolute atomic E-state index is 14.5. The Bertz CT molecular complexity index is 992. The van der Waals surface area contributed by atoms with Gasteiger partial charge in [0.1, 0.15) is 17.3 Å². The second-order valence-electron chi connectivity index (χ2n) is 9.29. The number of rotatable bonds is 5. The van der Waals surface area contributed by atoms with Gasteiger partial charge >= 0.3 is 0 Å². The van der Waals surface area contributed by atoms with Crippen molar-refractivity contribution in [2.75, 3.05) is 36.5 Å². The molecular weight excluding hydrogens is 425 g/mol. The highest BCUT2D eigenvalue weighted by atomic mass is 19.1. The van der Waals surface area contributed by atoms with Gasteiger partial charge in [-0.15, -0.1) is 0 Å². The van der Waals surface area contributed by atoms with Crippen LogP contribution in [-0.4, -0.2) is 65.4 Å². The maximum atomic E-state index is 14.5. The quantitative estimate of drug-likeness (QED) is 0.713. The minimum Gasteiger partial charge on any atom is -0.497 e. The fourth-order valence-electron chi connectivity index (χ4n) is 4.60. The molecule has 1 unspecified atom stereocenters. The van der Waals surface area contributed by atoms with E-state index < -0.39 is 5.60 Å². The summed E-state index contributed by atoms with van der Waals surface area (Å²) in [6.07, 6.45) is 4.44. The van der Waals surface area contributed by atoms with E-state index in [2.05, 4.69) is 15.3 Å². The summed E-state index contributed by atoms with van der Waals surface area (Å²) < 4.78 is 19.6. The van der Waals surface area contributed by atoms with E-state index in [1.54, 1.807) is 24.4 Å². The average Bonchev–Trinajstić information content (AvgIpc) is 2.80. The molecular formula is C24H32FN5O3. The van der Waals surface area contributed by atoms with Crippen LogP contribution in [0.15, 0.2) is 30.5 Å². The summed E-state index contributed by atoms with van der Waals surface area (Å²) in [5.41, 5.74) is 0.229. The highest BCUT2D eigenvalue weighted by Gasteiger charge is 2.30. The number of nitrogens with one attached hydrogen (secondary N) is 1. The molecule has 1 aromatic carbocycles. The lowest BCUT2D eigenvalue weighted by molar-refractivity contribution is 0.0140. The largest absolute Gasteiger partial charge is 0.497 e. The van der Waals surface area contributed by atoms with Crippen LogP contribution < -0.4 is 19.9 Å². The van der Waals surface area contributed by atoms with Crippen molar-refractivity contribution in [3.05, 3.63) is 42.0 Å². The van der Waals surface area contributed by atoms with Crippen LogP contribution in [0.1, 0.15) is 50.0 Å². The molecule has 9 heteroatoms. The smallest absolute Gasteiger partial charge is 0.270 e. The normalized spacial score (nSPS) is 25.6. The first kappa shape index (κ1) is 23.2. The minimum atomic E-state index is -0.643. The summed E-state index contributed by atoms with van der Waals surface area (Å²) in [5, 5.41) is 13.1. The zero-order valence-corrected chi connectivity index (χ0v) is 19.4. The molecule has 2 heterocycles. The number of halogens is 1. The lowest BCUT2D eigenvalue weighted by atomic mass is 9.83. The van der Waals surface area contributed by atoms with Gasteiger partial charge in [-0.05, 0) is 57.7 Å². The van der Waals surface area contributed by atoms with Crippen molar-refractivity contribution in [2.24, 2.45) is 0 Å². The van der Waals surface area contributed by atoms with Gasteiger partial charge in [0, 0.05) is 44.0 Å². The summed E-state index contributed by atoms with van der Waals surface area (Å²) in [6, 6.07) is 6.57. The summed E-state index contributed by atoms with van der Waals surface area (Å²) in [7, 11) is 1.52. The third kappa shape index (κ3) is 5.35. The molecule has 1 aliphatic carbocycles. The first-order valence-electron chi connectivity index (χ1n) is 11.5. The van der Waals surface area contributed by atoms with E-state index in [1.807, 2.05) is 23.6 Å². The zero-order chi connectivity index (χ0) is 23.6. The molecule has 4 rings (SSSR count). The van der Waals surface area contributed by atoms with Crippen LogP contribution in [-0.2, 0) is 0 Å². The second kappa shape index (κ2) is 9.51. The number of carbonyl (C=O) groups excluding carboxylic acids is 1. The third-order valence-electron chi connectivity index (χ3n) is 6.65. The molecule has 33 heavy (non-hydrogen) atoms. The average molecular weight is 458 g/mol. The number of piperazine rings is 1. The van der Waals surface area contributed by atoms with Crippen LogP contribution in [0.25, 0.3) is 0 Å². The summed E-state index contributed by atoms with van der Waals surface area (Å²) in [5.74, 6) is 0.451. The van der Waals surface area contributed by atoms with Crippen LogP contribution in [0.5, 0.6) is 5.75 Å². The zero-order valence-electron chi connectivity index (χ0n) is 19.4. The van der Waals surface area contributed by atoms with Gasteiger partial charge in [-0.25, -0.2) is 14.4 Å². The molecule has 1 atom stereocenters. The Morgan fingerprint density at radius 2 is 2.03 bits per heavy atom. The molecule has 1 aromatic heterocycles. The summed E-state index contributed by atoms with van der Waals surface area (Å²) >= 11 is 0. The van der Waals surface area contributed by atoms with E-state index in [0.717, 1.165) is 12.8 Å². The Kier molecular flexibility index (Phi) is 6.69.